The van der Waals surface area contributed by atoms with Gasteiger partial charge in [-0.2, -0.15) is 0 Å². The van der Waals surface area contributed by atoms with Crippen LogP contribution in [0.1, 0.15) is 36.4 Å². The lowest BCUT2D eigenvalue weighted by molar-refractivity contribution is -0.140. The van der Waals surface area contributed by atoms with Crippen molar-refractivity contribution in [3.63, 3.8) is 0 Å². The van der Waals surface area contributed by atoms with Crippen LogP contribution >= 0.6 is 11.3 Å². The molecule has 0 spiro atoms. The topological polar surface area (TPSA) is 55.8 Å². The number of hydrogen-bond acceptors (Lipinski definition) is 5. The number of nitrogens with zero attached hydrogens (tertiary/aromatic N) is 1. The Hall–Kier alpha value is -1.40. The minimum Gasteiger partial charge on any atom is -0.469 e. The Balaban J connectivity index is 2.52. The summed E-state index contributed by atoms with van der Waals surface area (Å²) >= 11 is 1.40. The van der Waals surface area contributed by atoms with E-state index in [4.69, 9.17) is 4.74 Å². The molecule has 0 saturated heterocycles. The van der Waals surface area contributed by atoms with Crippen molar-refractivity contribution in [1.82, 2.24) is 4.90 Å². The van der Waals surface area contributed by atoms with Crippen LogP contribution in [0.3, 0.4) is 0 Å². The van der Waals surface area contributed by atoms with Gasteiger partial charge >= 0.3 is 5.97 Å². The molecule has 21 heavy (non-hydrogen) atoms. The Morgan fingerprint density at radius 1 is 1.33 bits per heavy atom. The molecule has 0 saturated carbocycles. The molecule has 0 radical (unpaired) electrons. The largest absolute Gasteiger partial charge is 0.469 e. The van der Waals surface area contributed by atoms with Crippen molar-refractivity contribution < 1.29 is 19.1 Å². The zero-order valence-electron chi connectivity index (χ0n) is 12.8. The highest BCUT2D eigenvalue weighted by atomic mass is 32.1. The van der Waals surface area contributed by atoms with Crippen LogP contribution < -0.4 is 0 Å². The summed E-state index contributed by atoms with van der Waals surface area (Å²) in [5.41, 5.74) is 0. The van der Waals surface area contributed by atoms with Crippen LogP contribution in [0.5, 0.6) is 0 Å². The highest BCUT2D eigenvalue weighted by Gasteiger charge is 2.17. The standard InChI is InChI=1S/C15H23NO4S/c1-12(2)20-10-5-8-16(9-7-14(17)19-3)15(18)13-6-4-11-21-13/h4,6,11-12H,5,7-10H2,1-3H3. The lowest BCUT2D eigenvalue weighted by Gasteiger charge is -2.22. The number of rotatable bonds is 9. The highest BCUT2D eigenvalue weighted by molar-refractivity contribution is 7.12. The predicted octanol–water partition coefficient (Wildman–Crippen LogP) is 2.57. The van der Waals surface area contributed by atoms with E-state index in [0.717, 1.165) is 6.42 Å². The van der Waals surface area contributed by atoms with Crippen molar-refractivity contribution in [3.05, 3.63) is 22.4 Å². The van der Waals surface area contributed by atoms with E-state index in [1.807, 2.05) is 25.3 Å². The van der Waals surface area contributed by atoms with E-state index in [-0.39, 0.29) is 24.4 Å². The summed E-state index contributed by atoms with van der Waals surface area (Å²) in [7, 11) is 1.35. The maximum Gasteiger partial charge on any atom is 0.307 e. The minimum atomic E-state index is -0.308. The van der Waals surface area contributed by atoms with E-state index in [9.17, 15) is 9.59 Å². The molecule has 0 aliphatic carbocycles. The average molecular weight is 313 g/mol. The van der Waals surface area contributed by atoms with Gasteiger partial charge in [-0.15, -0.1) is 11.3 Å². The molecule has 1 amide bonds. The van der Waals surface area contributed by atoms with E-state index < -0.39 is 0 Å². The Morgan fingerprint density at radius 3 is 2.67 bits per heavy atom. The van der Waals surface area contributed by atoms with Crippen LogP contribution in [-0.4, -0.2) is 49.7 Å². The minimum absolute atomic E-state index is 0.0431. The van der Waals surface area contributed by atoms with Crippen LogP contribution in [-0.2, 0) is 14.3 Å². The van der Waals surface area contributed by atoms with E-state index in [1.54, 1.807) is 11.0 Å². The van der Waals surface area contributed by atoms with Gasteiger partial charge in [0.05, 0.1) is 24.5 Å². The average Bonchev–Trinajstić information content (AvgIpc) is 2.99. The molecule has 6 heteroatoms. The van der Waals surface area contributed by atoms with Gasteiger partial charge in [0.2, 0.25) is 0 Å². The first-order chi connectivity index (χ1) is 10.0. The van der Waals surface area contributed by atoms with E-state index >= 15 is 0 Å². The molecule has 0 fully saturated rings. The van der Waals surface area contributed by atoms with Gasteiger partial charge in [0.15, 0.2) is 0 Å². The molecule has 0 aromatic carbocycles. The van der Waals surface area contributed by atoms with Crippen LogP contribution in [0.2, 0.25) is 0 Å². The number of amides is 1. The Morgan fingerprint density at radius 2 is 2.10 bits per heavy atom. The number of methoxy groups -OCH3 is 1. The lowest BCUT2D eigenvalue weighted by atomic mass is 10.3. The third-order valence-electron chi connectivity index (χ3n) is 2.86. The van der Waals surface area contributed by atoms with E-state index in [2.05, 4.69) is 4.74 Å². The Labute approximate surface area is 129 Å². The number of carbonyl (C=O) groups is 2. The van der Waals surface area contributed by atoms with Gasteiger partial charge in [-0.05, 0) is 31.7 Å². The molecule has 0 N–H and O–H groups in total. The number of esters is 1. The second-order valence-corrected chi connectivity index (χ2v) is 5.82. The van der Waals surface area contributed by atoms with Crippen LogP contribution in [0.25, 0.3) is 0 Å². The first-order valence-electron chi connectivity index (χ1n) is 7.05. The monoisotopic (exact) mass is 313 g/mol. The van der Waals surface area contributed by atoms with Crippen molar-refractivity contribution in [2.45, 2.75) is 32.8 Å². The summed E-state index contributed by atoms with van der Waals surface area (Å²) in [5.74, 6) is -0.351. The number of ether oxygens (including phenoxy) is 2. The summed E-state index contributed by atoms with van der Waals surface area (Å²) in [4.78, 5) is 26.0. The third-order valence-corrected chi connectivity index (χ3v) is 3.71. The fourth-order valence-electron chi connectivity index (χ4n) is 1.77. The lowest BCUT2D eigenvalue weighted by Crippen LogP contribution is -2.34. The van der Waals surface area contributed by atoms with Gasteiger partial charge in [0.25, 0.3) is 5.91 Å². The van der Waals surface area contributed by atoms with Crippen molar-refractivity contribution in [2.75, 3.05) is 26.8 Å². The summed E-state index contributed by atoms with van der Waals surface area (Å²) in [5, 5.41) is 1.87. The molecule has 1 aromatic rings. The van der Waals surface area contributed by atoms with Gasteiger partial charge < -0.3 is 14.4 Å². The molecular formula is C15H23NO4S. The van der Waals surface area contributed by atoms with Crippen LogP contribution in [0.4, 0.5) is 0 Å². The molecule has 1 rings (SSSR count). The van der Waals surface area contributed by atoms with Crippen LogP contribution in [0.15, 0.2) is 17.5 Å². The molecule has 0 atom stereocenters. The van der Waals surface area contributed by atoms with Crippen LogP contribution in [0, 0.1) is 0 Å². The number of carbonyl (C=O) groups excluding carboxylic acids is 2. The summed E-state index contributed by atoms with van der Waals surface area (Å²) in [6, 6.07) is 3.64. The molecule has 0 aliphatic heterocycles. The predicted molar refractivity (Wildman–Crippen MR) is 82.6 cm³/mol. The van der Waals surface area contributed by atoms with Gasteiger partial charge in [-0.25, -0.2) is 0 Å². The molecule has 1 aromatic heterocycles. The molecule has 118 valence electrons. The molecule has 0 aliphatic rings. The maximum atomic E-state index is 12.4. The first-order valence-corrected chi connectivity index (χ1v) is 7.93. The number of thiophene rings is 1. The Kier molecular flexibility index (Phi) is 8.00. The van der Waals surface area contributed by atoms with Crippen molar-refractivity contribution >= 4 is 23.2 Å². The maximum absolute atomic E-state index is 12.4. The molecule has 0 bridgehead atoms. The third kappa shape index (κ3) is 6.73. The number of hydrogen-bond donors (Lipinski definition) is 0. The van der Waals surface area contributed by atoms with Gasteiger partial charge in [0, 0.05) is 19.7 Å². The van der Waals surface area contributed by atoms with Crippen molar-refractivity contribution in [3.8, 4) is 0 Å². The van der Waals surface area contributed by atoms with Crippen molar-refractivity contribution in [1.29, 1.82) is 0 Å². The molecule has 0 unspecified atom stereocenters. The zero-order valence-corrected chi connectivity index (χ0v) is 13.6. The normalized spacial score (nSPS) is 10.7. The summed E-state index contributed by atoms with van der Waals surface area (Å²) in [6.07, 6.45) is 1.14. The fourth-order valence-corrected chi connectivity index (χ4v) is 2.46. The Bertz CT molecular complexity index is 431. The molecule has 1 heterocycles. The fraction of sp³-hybridized carbons (Fsp3) is 0.600. The van der Waals surface area contributed by atoms with E-state index in [1.165, 1.54) is 18.4 Å². The van der Waals surface area contributed by atoms with Crippen molar-refractivity contribution in [2.24, 2.45) is 0 Å². The molecule has 5 nitrogen and oxygen atoms in total. The zero-order chi connectivity index (χ0) is 15.7. The summed E-state index contributed by atoms with van der Waals surface area (Å²) in [6.45, 7) is 5.49. The quantitative estimate of drug-likeness (QED) is 0.519. The SMILES string of the molecule is COC(=O)CCN(CCCOC(C)C)C(=O)c1cccs1. The second-order valence-electron chi connectivity index (χ2n) is 4.87. The first kappa shape index (κ1) is 17.7. The van der Waals surface area contributed by atoms with Gasteiger partial charge in [-0.1, -0.05) is 6.07 Å². The second kappa shape index (κ2) is 9.52. The molecular weight excluding hydrogens is 290 g/mol. The van der Waals surface area contributed by atoms with Gasteiger partial charge in [-0.3, -0.25) is 9.59 Å². The van der Waals surface area contributed by atoms with E-state index in [0.29, 0.717) is 24.6 Å². The smallest absolute Gasteiger partial charge is 0.307 e. The summed E-state index contributed by atoms with van der Waals surface area (Å²) < 4.78 is 10.1. The highest BCUT2D eigenvalue weighted by Crippen LogP contribution is 2.13. The van der Waals surface area contributed by atoms with Gasteiger partial charge in [0.1, 0.15) is 0 Å².